The number of anilines is 1. The summed E-state index contributed by atoms with van der Waals surface area (Å²) in [5.41, 5.74) is 3.41. The van der Waals surface area contributed by atoms with Crippen molar-refractivity contribution < 1.29 is 13.2 Å². The molecule has 2 rings (SSSR count). The van der Waals surface area contributed by atoms with Crippen LogP contribution in [0.25, 0.3) is 0 Å². The van der Waals surface area contributed by atoms with Crippen molar-refractivity contribution in [2.75, 3.05) is 17.1 Å². The molecule has 1 N–H and O–H groups in total. The third-order valence-corrected chi connectivity index (χ3v) is 5.67. The summed E-state index contributed by atoms with van der Waals surface area (Å²) in [6.07, 6.45) is 1.03. The van der Waals surface area contributed by atoms with E-state index in [1.165, 1.54) is 18.2 Å². The van der Waals surface area contributed by atoms with Gasteiger partial charge in [0.2, 0.25) is 15.9 Å². The van der Waals surface area contributed by atoms with Gasteiger partial charge in [0, 0.05) is 10.0 Å². The number of nitrogens with one attached hydrogen (secondary N) is 1. The normalized spacial score (nSPS) is 12.5. The number of benzene rings is 2. The SMILES string of the molecule is Cc1ccc(C(C)NC(=O)CN(c2cc(Cl)cc(Cl)c2)S(C)(=O)=O)c(C)c1. The second-order valence-electron chi connectivity index (χ2n) is 6.55. The van der Waals surface area contributed by atoms with Gasteiger partial charge in [-0.05, 0) is 50.1 Å². The first-order chi connectivity index (χ1) is 12.5. The number of carbonyl (C=O) groups is 1. The highest BCUT2D eigenvalue weighted by molar-refractivity contribution is 7.92. The van der Waals surface area contributed by atoms with Crippen LogP contribution in [-0.4, -0.2) is 27.1 Å². The predicted octanol–water partition coefficient (Wildman–Crippen LogP) is 4.25. The van der Waals surface area contributed by atoms with Crippen molar-refractivity contribution in [2.24, 2.45) is 0 Å². The highest BCUT2D eigenvalue weighted by Gasteiger charge is 2.23. The number of aryl methyl sites for hydroxylation is 2. The quantitative estimate of drug-likeness (QED) is 0.747. The molecule has 0 spiro atoms. The van der Waals surface area contributed by atoms with E-state index in [0.29, 0.717) is 0 Å². The molecule has 0 aliphatic carbocycles. The van der Waals surface area contributed by atoms with Gasteiger partial charge < -0.3 is 5.32 Å². The van der Waals surface area contributed by atoms with E-state index in [2.05, 4.69) is 5.32 Å². The summed E-state index contributed by atoms with van der Waals surface area (Å²) in [6, 6.07) is 10.1. The molecule has 27 heavy (non-hydrogen) atoms. The Hall–Kier alpha value is -1.76. The van der Waals surface area contributed by atoms with Gasteiger partial charge in [0.25, 0.3) is 0 Å². The molecular formula is C19H22Cl2N2O3S. The molecule has 1 unspecified atom stereocenters. The van der Waals surface area contributed by atoms with Crippen LogP contribution in [0.15, 0.2) is 36.4 Å². The molecule has 0 saturated carbocycles. The Morgan fingerprint density at radius 1 is 1.11 bits per heavy atom. The van der Waals surface area contributed by atoms with E-state index in [9.17, 15) is 13.2 Å². The van der Waals surface area contributed by atoms with E-state index < -0.39 is 15.9 Å². The van der Waals surface area contributed by atoms with Gasteiger partial charge in [0.05, 0.1) is 18.0 Å². The topological polar surface area (TPSA) is 66.5 Å². The average Bonchev–Trinajstić information content (AvgIpc) is 2.50. The summed E-state index contributed by atoms with van der Waals surface area (Å²) in [4.78, 5) is 12.5. The standard InChI is InChI=1S/C19H22Cl2N2O3S/c1-12-5-6-18(13(2)7-12)14(3)22-19(24)11-23(27(4,25)26)17-9-15(20)8-16(21)10-17/h5-10,14H,11H2,1-4H3,(H,22,24). The van der Waals surface area contributed by atoms with Gasteiger partial charge >= 0.3 is 0 Å². The fourth-order valence-corrected chi connectivity index (χ4v) is 4.24. The summed E-state index contributed by atoms with van der Waals surface area (Å²) >= 11 is 11.9. The third-order valence-electron chi connectivity index (χ3n) is 4.09. The Bertz CT molecular complexity index is 941. The monoisotopic (exact) mass is 428 g/mol. The zero-order valence-corrected chi connectivity index (χ0v) is 17.9. The summed E-state index contributed by atoms with van der Waals surface area (Å²) < 4.78 is 25.4. The Kier molecular flexibility index (Phi) is 6.78. The average molecular weight is 429 g/mol. The lowest BCUT2D eigenvalue weighted by Crippen LogP contribution is -2.41. The van der Waals surface area contributed by atoms with Crippen LogP contribution in [0.1, 0.15) is 29.7 Å². The minimum Gasteiger partial charge on any atom is -0.348 e. The van der Waals surface area contributed by atoms with E-state index >= 15 is 0 Å². The number of halogens is 2. The number of hydrogen-bond acceptors (Lipinski definition) is 3. The zero-order chi connectivity index (χ0) is 20.4. The van der Waals surface area contributed by atoms with Gasteiger partial charge in [-0.1, -0.05) is 47.0 Å². The molecule has 0 bridgehead atoms. The van der Waals surface area contributed by atoms with E-state index in [0.717, 1.165) is 27.3 Å². The van der Waals surface area contributed by atoms with E-state index in [4.69, 9.17) is 23.2 Å². The van der Waals surface area contributed by atoms with Crippen LogP contribution in [0, 0.1) is 13.8 Å². The highest BCUT2D eigenvalue weighted by atomic mass is 35.5. The lowest BCUT2D eigenvalue weighted by molar-refractivity contribution is -0.120. The molecule has 1 atom stereocenters. The molecule has 5 nitrogen and oxygen atoms in total. The van der Waals surface area contributed by atoms with E-state index in [1.807, 2.05) is 39.0 Å². The number of nitrogens with zero attached hydrogens (tertiary/aromatic N) is 1. The third kappa shape index (κ3) is 5.86. The Balaban J connectivity index is 2.21. The summed E-state index contributed by atoms with van der Waals surface area (Å²) in [5.74, 6) is -0.427. The molecule has 0 aliphatic heterocycles. The molecule has 8 heteroatoms. The molecule has 0 aliphatic rings. The second kappa shape index (κ2) is 8.50. The molecule has 146 valence electrons. The van der Waals surface area contributed by atoms with Crippen molar-refractivity contribution in [2.45, 2.75) is 26.8 Å². The van der Waals surface area contributed by atoms with Crippen molar-refractivity contribution in [1.82, 2.24) is 5.32 Å². The van der Waals surface area contributed by atoms with Crippen LogP contribution in [0.3, 0.4) is 0 Å². The predicted molar refractivity (Wildman–Crippen MR) is 111 cm³/mol. The van der Waals surface area contributed by atoms with Gasteiger partial charge in [-0.15, -0.1) is 0 Å². The van der Waals surface area contributed by atoms with E-state index in [1.54, 1.807) is 0 Å². The van der Waals surface area contributed by atoms with Crippen molar-refractivity contribution in [3.63, 3.8) is 0 Å². The minimum absolute atomic E-state index is 0.240. The largest absolute Gasteiger partial charge is 0.348 e. The molecule has 1 amide bonds. The molecule has 0 saturated heterocycles. The van der Waals surface area contributed by atoms with Gasteiger partial charge in [-0.2, -0.15) is 0 Å². The number of rotatable bonds is 6. The van der Waals surface area contributed by atoms with Crippen LogP contribution < -0.4 is 9.62 Å². The summed E-state index contributed by atoms with van der Waals surface area (Å²) in [7, 11) is -3.71. The van der Waals surface area contributed by atoms with Crippen molar-refractivity contribution in [3.8, 4) is 0 Å². The van der Waals surface area contributed by atoms with Crippen molar-refractivity contribution >= 4 is 44.8 Å². The first-order valence-corrected chi connectivity index (χ1v) is 10.9. The molecular weight excluding hydrogens is 407 g/mol. The molecule has 0 aromatic heterocycles. The maximum absolute atomic E-state index is 12.5. The fraction of sp³-hybridized carbons (Fsp3) is 0.316. The highest BCUT2D eigenvalue weighted by Crippen LogP contribution is 2.27. The summed E-state index contributed by atoms with van der Waals surface area (Å²) in [5, 5.41) is 3.42. The van der Waals surface area contributed by atoms with E-state index in [-0.39, 0.29) is 28.3 Å². The van der Waals surface area contributed by atoms with Crippen molar-refractivity contribution in [3.05, 3.63) is 63.1 Å². The van der Waals surface area contributed by atoms with Crippen LogP contribution in [-0.2, 0) is 14.8 Å². The van der Waals surface area contributed by atoms with Crippen LogP contribution in [0.4, 0.5) is 5.69 Å². The molecule has 0 fully saturated rings. The Morgan fingerprint density at radius 2 is 1.70 bits per heavy atom. The summed E-state index contributed by atoms with van der Waals surface area (Å²) in [6.45, 7) is 5.46. The molecule has 2 aromatic rings. The van der Waals surface area contributed by atoms with Gasteiger partial charge in [0.1, 0.15) is 6.54 Å². The van der Waals surface area contributed by atoms with Crippen LogP contribution >= 0.6 is 23.2 Å². The second-order valence-corrected chi connectivity index (χ2v) is 9.33. The van der Waals surface area contributed by atoms with Crippen molar-refractivity contribution in [1.29, 1.82) is 0 Å². The maximum Gasteiger partial charge on any atom is 0.241 e. The lowest BCUT2D eigenvalue weighted by Gasteiger charge is -2.24. The Labute approximate surface area is 170 Å². The zero-order valence-electron chi connectivity index (χ0n) is 15.6. The number of amides is 1. The smallest absolute Gasteiger partial charge is 0.241 e. The first-order valence-electron chi connectivity index (χ1n) is 8.27. The fourth-order valence-electron chi connectivity index (χ4n) is 2.89. The number of sulfonamides is 1. The first kappa shape index (κ1) is 21.5. The molecule has 0 radical (unpaired) electrons. The lowest BCUT2D eigenvalue weighted by atomic mass is 10.0. The van der Waals surface area contributed by atoms with Gasteiger partial charge in [-0.25, -0.2) is 8.42 Å². The number of hydrogen-bond donors (Lipinski definition) is 1. The minimum atomic E-state index is -3.71. The van der Waals surface area contributed by atoms with Crippen LogP contribution in [0.2, 0.25) is 10.0 Å². The molecule has 0 heterocycles. The van der Waals surface area contributed by atoms with Gasteiger partial charge in [0.15, 0.2) is 0 Å². The molecule has 2 aromatic carbocycles. The van der Waals surface area contributed by atoms with Gasteiger partial charge in [-0.3, -0.25) is 9.10 Å². The Morgan fingerprint density at radius 3 is 2.22 bits per heavy atom. The van der Waals surface area contributed by atoms with Crippen LogP contribution in [0.5, 0.6) is 0 Å². The number of carbonyl (C=O) groups excluding carboxylic acids is 1. The maximum atomic E-state index is 12.5.